The molecule has 1 atom stereocenters. The molecule has 2 N–H and O–H groups in total. The molecule has 11 heavy (non-hydrogen) atoms. The molecule has 1 unspecified atom stereocenters. The first kappa shape index (κ1) is 8.98. The minimum atomic E-state index is -0.528. The average Bonchev–Trinajstić information content (AvgIpc) is 1.93. The van der Waals surface area contributed by atoms with Gasteiger partial charge in [0, 0.05) is 6.04 Å². The molecule has 0 saturated heterocycles. The maximum absolute atomic E-state index is 12.7. The summed E-state index contributed by atoms with van der Waals surface area (Å²) in [7, 11) is 0. The van der Waals surface area contributed by atoms with Crippen LogP contribution in [0.15, 0.2) is 0 Å². The molecule has 0 aromatic heterocycles. The summed E-state index contributed by atoms with van der Waals surface area (Å²) >= 11 is 0. The van der Waals surface area contributed by atoms with Crippen LogP contribution < -0.4 is 5.73 Å². The fourth-order valence-electron chi connectivity index (χ4n) is 1.88. The molecular formula is C9H18FN. The Bertz CT molecular complexity index is 106. The Hall–Kier alpha value is -0.110. The standard InChI is InChI=1S/C9H18FN/c1-7(11)6-8-2-4-9(10)5-3-8/h7-9H,2-6,11H2,1H3. The van der Waals surface area contributed by atoms with Gasteiger partial charge in [-0.25, -0.2) is 4.39 Å². The van der Waals surface area contributed by atoms with Crippen LogP contribution in [0.5, 0.6) is 0 Å². The zero-order valence-corrected chi connectivity index (χ0v) is 7.22. The second-order valence-corrected chi connectivity index (χ2v) is 3.83. The third-order valence-electron chi connectivity index (χ3n) is 2.48. The summed E-state index contributed by atoms with van der Waals surface area (Å²) < 4.78 is 12.7. The molecular weight excluding hydrogens is 141 g/mol. The van der Waals surface area contributed by atoms with Gasteiger partial charge in [0.05, 0.1) is 0 Å². The van der Waals surface area contributed by atoms with Crippen LogP contribution in [0.3, 0.4) is 0 Å². The summed E-state index contributed by atoms with van der Waals surface area (Å²) in [5.74, 6) is 0.696. The molecule has 0 spiro atoms. The van der Waals surface area contributed by atoms with E-state index in [4.69, 9.17) is 5.73 Å². The van der Waals surface area contributed by atoms with Crippen molar-refractivity contribution in [1.82, 2.24) is 0 Å². The van der Waals surface area contributed by atoms with Gasteiger partial charge < -0.3 is 5.73 Å². The van der Waals surface area contributed by atoms with E-state index in [1.54, 1.807) is 0 Å². The lowest BCUT2D eigenvalue weighted by molar-refractivity contribution is 0.197. The fourth-order valence-corrected chi connectivity index (χ4v) is 1.88. The van der Waals surface area contributed by atoms with Crippen LogP contribution in [0.1, 0.15) is 39.0 Å². The van der Waals surface area contributed by atoms with Crippen molar-refractivity contribution in [2.45, 2.75) is 51.2 Å². The molecule has 1 rings (SSSR count). The Labute approximate surface area is 68.2 Å². The topological polar surface area (TPSA) is 26.0 Å². The molecule has 0 aromatic rings. The van der Waals surface area contributed by atoms with Crippen LogP contribution in [0.4, 0.5) is 4.39 Å². The van der Waals surface area contributed by atoms with E-state index in [1.807, 2.05) is 6.92 Å². The van der Waals surface area contributed by atoms with Gasteiger partial charge in [0.15, 0.2) is 0 Å². The lowest BCUT2D eigenvalue weighted by Crippen LogP contribution is -2.23. The molecule has 1 fully saturated rings. The fraction of sp³-hybridized carbons (Fsp3) is 1.00. The monoisotopic (exact) mass is 159 g/mol. The molecule has 0 heterocycles. The normalized spacial score (nSPS) is 35.2. The number of alkyl halides is 1. The van der Waals surface area contributed by atoms with Gasteiger partial charge in [0.1, 0.15) is 6.17 Å². The highest BCUT2D eigenvalue weighted by Crippen LogP contribution is 2.28. The maximum atomic E-state index is 12.7. The van der Waals surface area contributed by atoms with Crippen LogP contribution in [0.2, 0.25) is 0 Å². The van der Waals surface area contributed by atoms with Gasteiger partial charge in [-0.1, -0.05) is 0 Å². The quantitative estimate of drug-likeness (QED) is 0.657. The van der Waals surface area contributed by atoms with E-state index in [1.165, 1.54) is 0 Å². The summed E-state index contributed by atoms with van der Waals surface area (Å²) in [6.07, 6.45) is 4.16. The van der Waals surface area contributed by atoms with Crippen molar-refractivity contribution in [3.8, 4) is 0 Å². The van der Waals surface area contributed by atoms with E-state index >= 15 is 0 Å². The molecule has 2 heteroatoms. The smallest absolute Gasteiger partial charge is 0.100 e. The molecule has 0 radical (unpaired) electrons. The summed E-state index contributed by atoms with van der Waals surface area (Å²) in [4.78, 5) is 0. The number of hydrogen-bond donors (Lipinski definition) is 1. The first-order valence-electron chi connectivity index (χ1n) is 4.58. The highest BCUT2D eigenvalue weighted by molar-refractivity contribution is 4.74. The minimum Gasteiger partial charge on any atom is -0.328 e. The number of halogens is 1. The van der Waals surface area contributed by atoms with Crippen molar-refractivity contribution in [1.29, 1.82) is 0 Å². The summed E-state index contributed by atoms with van der Waals surface area (Å²) in [5, 5.41) is 0. The third kappa shape index (κ3) is 3.19. The lowest BCUT2D eigenvalue weighted by Gasteiger charge is -2.25. The first-order valence-corrected chi connectivity index (χ1v) is 4.58. The Morgan fingerprint density at radius 2 is 1.91 bits per heavy atom. The summed E-state index contributed by atoms with van der Waals surface area (Å²) in [6, 6.07) is 0.288. The second-order valence-electron chi connectivity index (χ2n) is 3.83. The van der Waals surface area contributed by atoms with Crippen LogP contribution in [0, 0.1) is 5.92 Å². The van der Waals surface area contributed by atoms with E-state index in [9.17, 15) is 4.39 Å². The molecule has 1 aliphatic rings. The van der Waals surface area contributed by atoms with Gasteiger partial charge in [-0.2, -0.15) is 0 Å². The average molecular weight is 159 g/mol. The Kier molecular flexibility index (Phi) is 3.31. The highest BCUT2D eigenvalue weighted by atomic mass is 19.1. The molecule has 0 aromatic carbocycles. The van der Waals surface area contributed by atoms with Gasteiger partial charge in [0.25, 0.3) is 0 Å². The van der Waals surface area contributed by atoms with Gasteiger partial charge in [-0.05, 0) is 44.9 Å². The van der Waals surface area contributed by atoms with E-state index < -0.39 is 6.17 Å². The minimum absolute atomic E-state index is 0.288. The van der Waals surface area contributed by atoms with Crippen molar-refractivity contribution in [2.24, 2.45) is 11.7 Å². The van der Waals surface area contributed by atoms with Crippen molar-refractivity contribution in [3.63, 3.8) is 0 Å². The van der Waals surface area contributed by atoms with Crippen molar-refractivity contribution >= 4 is 0 Å². The van der Waals surface area contributed by atoms with Gasteiger partial charge in [-0.3, -0.25) is 0 Å². The highest BCUT2D eigenvalue weighted by Gasteiger charge is 2.20. The lowest BCUT2D eigenvalue weighted by atomic mass is 9.84. The molecule has 1 nitrogen and oxygen atoms in total. The van der Waals surface area contributed by atoms with E-state index in [-0.39, 0.29) is 6.04 Å². The number of nitrogens with two attached hydrogens (primary N) is 1. The molecule has 1 aliphatic carbocycles. The van der Waals surface area contributed by atoms with Crippen molar-refractivity contribution < 1.29 is 4.39 Å². The zero-order chi connectivity index (χ0) is 8.27. The molecule has 0 aliphatic heterocycles. The van der Waals surface area contributed by atoms with Crippen molar-refractivity contribution in [2.75, 3.05) is 0 Å². The second kappa shape index (κ2) is 4.05. The summed E-state index contributed by atoms with van der Waals surface area (Å²) in [6.45, 7) is 2.03. The number of rotatable bonds is 2. The predicted octanol–water partition coefficient (Wildman–Crippen LogP) is 2.25. The molecule has 0 bridgehead atoms. The molecule has 1 saturated carbocycles. The Morgan fingerprint density at radius 3 is 2.36 bits per heavy atom. The van der Waals surface area contributed by atoms with Gasteiger partial charge in [0.2, 0.25) is 0 Å². The zero-order valence-electron chi connectivity index (χ0n) is 7.22. The van der Waals surface area contributed by atoms with Crippen LogP contribution in [-0.4, -0.2) is 12.2 Å². The van der Waals surface area contributed by atoms with Crippen LogP contribution in [0.25, 0.3) is 0 Å². The Morgan fingerprint density at radius 1 is 1.36 bits per heavy atom. The molecule has 0 amide bonds. The SMILES string of the molecule is CC(N)CC1CCC(F)CC1. The number of hydrogen-bond acceptors (Lipinski definition) is 1. The van der Waals surface area contributed by atoms with E-state index in [0.29, 0.717) is 5.92 Å². The third-order valence-corrected chi connectivity index (χ3v) is 2.48. The largest absolute Gasteiger partial charge is 0.328 e. The van der Waals surface area contributed by atoms with Gasteiger partial charge in [-0.15, -0.1) is 0 Å². The van der Waals surface area contributed by atoms with E-state index in [2.05, 4.69) is 0 Å². The van der Waals surface area contributed by atoms with Crippen LogP contribution in [-0.2, 0) is 0 Å². The maximum Gasteiger partial charge on any atom is 0.100 e. The Balaban J connectivity index is 2.17. The van der Waals surface area contributed by atoms with E-state index in [0.717, 1.165) is 32.1 Å². The predicted molar refractivity (Wildman–Crippen MR) is 45.1 cm³/mol. The first-order chi connectivity index (χ1) is 5.18. The van der Waals surface area contributed by atoms with Crippen LogP contribution >= 0.6 is 0 Å². The molecule has 66 valence electrons. The van der Waals surface area contributed by atoms with Gasteiger partial charge >= 0.3 is 0 Å². The summed E-state index contributed by atoms with van der Waals surface area (Å²) in [5.41, 5.74) is 5.66. The van der Waals surface area contributed by atoms with Crippen molar-refractivity contribution in [3.05, 3.63) is 0 Å².